The van der Waals surface area contributed by atoms with Gasteiger partial charge in [-0.25, -0.2) is 8.42 Å². The minimum absolute atomic E-state index is 0.202. The molecule has 0 aliphatic carbocycles. The van der Waals surface area contributed by atoms with Crippen LogP contribution in [0, 0.1) is 0 Å². The first-order chi connectivity index (χ1) is 12.9. The Bertz CT molecular complexity index is 888. The van der Waals surface area contributed by atoms with E-state index in [-0.39, 0.29) is 10.8 Å². The topological polar surface area (TPSA) is 78.9 Å². The lowest BCUT2D eigenvalue weighted by Gasteiger charge is -2.31. The van der Waals surface area contributed by atoms with Gasteiger partial charge < -0.3 is 15.0 Å². The summed E-state index contributed by atoms with van der Waals surface area (Å²) in [5, 5.41) is 2.78. The van der Waals surface area contributed by atoms with Crippen LogP contribution in [-0.2, 0) is 10.0 Å². The summed E-state index contributed by atoms with van der Waals surface area (Å²) >= 11 is 0. The number of carbonyl (C=O) groups excluding carboxylic acids is 1. The van der Waals surface area contributed by atoms with Crippen LogP contribution in [0.5, 0.6) is 5.75 Å². The summed E-state index contributed by atoms with van der Waals surface area (Å²) in [4.78, 5) is 14.7. The number of anilines is 1. The molecule has 0 radical (unpaired) electrons. The number of nitrogens with zero attached hydrogens (tertiary/aromatic N) is 2. The average molecular weight is 389 g/mol. The number of likely N-dealkylation sites (N-methyl/N-ethyl adjacent to an activating group) is 1. The third-order valence-corrected chi connectivity index (χ3v) is 6.48. The summed E-state index contributed by atoms with van der Waals surface area (Å²) in [5.74, 6) is 0.398. The number of benzene rings is 2. The molecule has 2 aromatic carbocycles. The summed E-state index contributed by atoms with van der Waals surface area (Å²) in [6.45, 7) is 2.36. The zero-order valence-corrected chi connectivity index (χ0v) is 16.2. The Morgan fingerprint density at radius 1 is 0.963 bits per heavy atom. The average Bonchev–Trinajstić information content (AvgIpc) is 2.69. The minimum atomic E-state index is -3.53. The van der Waals surface area contributed by atoms with Gasteiger partial charge in [-0.2, -0.15) is 4.31 Å². The summed E-state index contributed by atoms with van der Waals surface area (Å²) < 4.78 is 32.0. The summed E-state index contributed by atoms with van der Waals surface area (Å²) in [6.07, 6.45) is 0. The summed E-state index contributed by atoms with van der Waals surface area (Å²) in [7, 11) is 0.0137. The number of rotatable bonds is 5. The molecule has 2 aromatic rings. The van der Waals surface area contributed by atoms with Crippen LogP contribution in [0.3, 0.4) is 0 Å². The van der Waals surface area contributed by atoms with Gasteiger partial charge in [0.05, 0.1) is 12.0 Å². The van der Waals surface area contributed by atoms with E-state index in [2.05, 4.69) is 10.2 Å². The maximum Gasteiger partial charge on any atom is 0.255 e. The Balaban J connectivity index is 1.69. The molecule has 0 spiro atoms. The van der Waals surface area contributed by atoms with Crippen LogP contribution in [0.2, 0.25) is 0 Å². The van der Waals surface area contributed by atoms with Crippen molar-refractivity contribution in [2.75, 3.05) is 45.7 Å². The van der Waals surface area contributed by atoms with E-state index in [0.717, 1.165) is 0 Å². The maximum atomic E-state index is 12.7. The summed E-state index contributed by atoms with van der Waals surface area (Å²) in [6, 6.07) is 13.0. The number of piperazine rings is 1. The maximum absolute atomic E-state index is 12.7. The van der Waals surface area contributed by atoms with Crippen molar-refractivity contribution < 1.29 is 17.9 Å². The number of sulfonamides is 1. The number of ether oxygens (including phenoxy) is 1. The number of hydrogen-bond acceptors (Lipinski definition) is 5. The SMILES string of the molecule is COc1ccc(NC(=O)c2ccc(S(=O)(=O)N3CCN(C)CC3)cc2)cc1. The molecule has 1 heterocycles. The van der Waals surface area contributed by atoms with Gasteiger partial charge in [0, 0.05) is 37.4 Å². The molecule has 0 bridgehead atoms. The van der Waals surface area contributed by atoms with Crippen LogP contribution in [-0.4, -0.2) is 63.9 Å². The predicted molar refractivity (Wildman–Crippen MR) is 104 cm³/mol. The van der Waals surface area contributed by atoms with E-state index in [4.69, 9.17) is 4.74 Å². The number of carbonyl (C=O) groups is 1. The van der Waals surface area contributed by atoms with Gasteiger partial charge in [-0.05, 0) is 55.6 Å². The van der Waals surface area contributed by atoms with E-state index in [0.29, 0.717) is 43.2 Å². The molecule has 1 fully saturated rings. The third-order valence-electron chi connectivity index (χ3n) is 4.56. The smallest absolute Gasteiger partial charge is 0.255 e. The van der Waals surface area contributed by atoms with E-state index in [1.54, 1.807) is 31.4 Å². The van der Waals surface area contributed by atoms with E-state index in [1.807, 2.05) is 7.05 Å². The first-order valence-corrected chi connectivity index (χ1v) is 10.1. The molecular formula is C19H23N3O4S. The third kappa shape index (κ3) is 4.47. The number of hydrogen-bond donors (Lipinski definition) is 1. The monoisotopic (exact) mass is 389 g/mol. The molecule has 1 saturated heterocycles. The lowest BCUT2D eigenvalue weighted by atomic mass is 10.2. The normalized spacial score (nSPS) is 16.1. The van der Waals surface area contributed by atoms with Crippen molar-refractivity contribution in [2.45, 2.75) is 4.90 Å². The summed E-state index contributed by atoms with van der Waals surface area (Å²) in [5.41, 5.74) is 1.03. The molecule has 0 aromatic heterocycles. The van der Waals surface area contributed by atoms with Crippen LogP contribution in [0.1, 0.15) is 10.4 Å². The van der Waals surface area contributed by atoms with Crippen molar-refractivity contribution in [2.24, 2.45) is 0 Å². The lowest BCUT2D eigenvalue weighted by Crippen LogP contribution is -2.47. The molecule has 1 aliphatic rings. The van der Waals surface area contributed by atoms with Gasteiger partial charge in [-0.3, -0.25) is 4.79 Å². The molecular weight excluding hydrogens is 366 g/mol. The first kappa shape index (κ1) is 19.3. The zero-order chi connectivity index (χ0) is 19.4. The number of methoxy groups -OCH3 is 1. The van der Waals surface area contributed by atoms with Gasteiger partial charge >= 0.3 is 0 Å². The van der Waals surface area contributed by atoms with Crippen molar-refractivity contribution >= 4 is 21.6 Å². The zero-order valence-electron chi connectivity index (χ0n) is 15.4. The Kier molecular flexibility index (Phi) is 5.79. The van der Waals surface area contributed by atoms with Gasteiger partial charge in [-0.1, -0.05) is 0 Å². The van der Waals surface area contributed by atoms with Crippen LogP contribution in [0.15, 0.2) is 53.4 Å². The van der Waals surface area contributed by atoms with Gasteiger partial charge in [0.1, 0.15) is 5.75 Å². The lowest BCUT2D eigenvalue weighted by molar-refractivity contribution is 0.102. The molecule has 1 aliphatic heterocycles. The van der Waals surface area contributed by atoms with Gasteiger partial charge in [0.15, 0.2) is 0 Å². The highest BCUT2D eigenvalue weighted by Gasteiger charge is 2.27. The molecule has 1 N–H and O–H groups in total. The molecule has 3 rings (SSSR count). The van der Waals surface area contributed by atoms with E-state index < -0.39 is 10.0 Å². The van der Waals surface area contributed by atoms with Crippen LogP contribution in [0.4, 0.5) is 5.69 Å². The highest BCUT2D eigenvalue weighted by atomic mass is 32.2. The quantitative estimate of drug-likeness (QED) is 0.845. The van der Waals surface area contributed by atoms with E-state index in [9.17, 15) is 13.2 Å². The van der Waals surface area contributed by atoms with Gasteiger partial charge in [0.2, 0.25) is 10.0 Å². The van der Waals surface area contributed by atoms with E-state index in [1.165, 1.54) is 28.6 Å². The highest BCUT2D eigenvalue weighted by molar-refractivity contribution is 7.89. The van der Waals surface area contributed by atoms with Crippen LogP contribution >= 0.6 is 0 Å². The first-order valence-electron chi connectivity index (χ1n) is 8.64. The molecule has 0 atom stereocenters. The molecule has 8 heteroatoms. The Morgan fingerprint density at radius 2 is 1.56 bits per heavy atom. The molecule has 144 valence electrons. The fraction of sp³-hybridized carbons (Fsp3) is 0.316. The van der Waals surface area contributed by atoms with Gasteiger partial charge in [-0.15, -0.1) is 0 Å². The second kappa shape index (κ2) is 8.08. The second-order valence-corrected chi connectivity index (χ2v) is 8.35. The van der Waals surface area contributed by atoms with Crippen molar-refractivity contribution in [3.63, 3.8) is 0 Å². The molecule has 0 saturated carbocycles. The predicted octanol–water partition coefficient (Wildman–Crippen LogP) is 1.88. The van der Waals surface area contributed by atoms with Crippen molar-refractivity contribution in [1.29, 1.82) is 0 Å². The Labute approximate surface area is 159 Å². The Hall–Kier alpha value is -2.42. The number of nitrogens with one attached hydrogen (secondary N) is 1. The van der Waals surface area contributed by atoms with Crippen LogP contribution < -0.4 is 10.1 Å². The fourth-order valence-corrected chi connectivity index (χ4v) is 4.26. The molecule has 0 unspecified atom stereocenters. The molecule has 7 nitrogen and oxygen atoms in total. The molecule has 1 amide bonds. The minimum Gasteiger partial charge on any atom is -0.497 e. The van der Waals surface area contributed by atoms with Crippen LogP contribution in [0.25, 0.3) is 0 Å². The van der Waals surface area contributed by atoms with Crippen molar-refractivity contribution in [3.05, 3.63) is 54.1 Å². The van der Waals surface area contributed by atoms with Crippen molar-refractivity contribution in [3.8, 4) is 5.75 Å². The van der Waals surface area contributed by atoms with Crippen molar-refractivity contribution in [1.82, 2.24) is 9.21 Å². The highest BCUT2D eigenvalue weighted by Crippen LogP contribution is 2.19. The van der Waals surface area contributed by atoms with Gasteiger partial charge in [0.25, 0.3) is 5.91 Å². The largest absolute Gasteiger partial charge is 0.497 e. The van der Waals surface area contributed by atoms with E-state index >= 15 is 0 Å². The Morgan fingerprint density at radius 3 is 2.11 bits per heavy atom. The standard InChI is InChI=1S/C19H23N3O4S/c1-21-11-13-22(14-12-21)27(24,25)18-9-3-15(4-10-18)19(23)20-16-5-7-17(26-2)8-6-16/h3-10H,11-14H2,1-2H3,(H,20,23). The second-order valence-electron chi connectivity index (χ2n) is 6.41. The number of amides is 1. The molecule has 27 heavy (non-hydrogen) atoms. The fourth-order valence-electron chi connectivity index (χ4n) is 2.83.